The van der Waals surface area contributed by atoms with E-state index in [1.807, 2.05) is 18.5 Å². The number of aryl methyl sites for hydroxylation is 1. The second-order valence-electron chi connectivity index (χ2n) is 3.36. The van der Waals surface area contributed by atoms with E-state index in [-0.39, 0.29) is 0 Å². The molecule has 17 heavy (non-hydrogen) atoms. The summed E-state index contributed by atoms with van der Waals surface area (Å²) in [7, 11) is 1.89. The third-order valence-corrected chi connectivity index (χ3v) is 5.28. The molecule has 3 nitrogen and oxygen atoms in total. The van der Waals surface area contributed by atoms with Crippen molar-refractivity contribution in [2.24, 2.45) is 0 Å². The Balaban J connectivity index is 2.60. The molecular formula is C11H11BrIN3S. The highest BCUT2D eigenvalue weighted by molar-refractivity contribution is 14.1. The maximum absolute atomic E-state index is 4.62. The van der Waals surface area contributed by atoms with E-state index in [4.69, 9.17) is 0 Å². The molecule has 2 heterocycles. The van der Waals surface area contributed by atoms with Crippen LogP contribution in [0.1, 0.15) is 12.6 Å². The fourth-order valence-corrected chi connectivity index (χ4v) is 3.82. The molecule has 2 rings (SSSR count). The van der Waals surface area contributed by atoms with Gasteiger partial charge in [0.05, 0.1) is 14.1 Å². The highest BCUT2D eigenvalue weighted by atomic mass is 127. The Morgan fingerprint density at radius 2 is 2.24 bits per heavy atom. The van der Waals surface area contributed by atoms with Gasteiger partial charge in [0.15, 0.2) is 5.82 Å². The van der Waals surface area contributed by atoms with Crippen molar-refractivity contribution in [2.45, 2.75) is 13.3 Å². The molecule has 0 aliphatic heterocycles. The zero-order valence-electron chi connectivity index (χ0n) is 9.42. The first-order valence-electron chi connectivity index (χ1n) is 5.14. The number of hydrogen-bond donors (Lipinski definition) is 1. The molecule has 0 atom stereocenters. The molecule has 2 aromatic heterocycles. The van der Waals surface area contributed by atoms with Crippen LogP contribution in [0.4, 0.5) is 5.82 Å². The Morgan fingerprint density at radius 3 is 2.76 bits per heavy atom. The summed E-state index contributed by atoms with van der Waals surface area (Å²) >= 11 is 7.46. The minimum Gasteiger partial charge on any atom is -0.372 e. The Kier molecular flexibility index (Phi) is 4.37. The highest BCUT2D eigenvalue weighted by Gasteiger charge is 2.14. The topological polar surface area (TPSA) is 37.8 Å². The van der Waals surface area contributed by atoms with E-state index < -0.39 is 0 Å². The third kappa shape index (κ3) is 2.63. The second-order valence-corrected chi connectivity index (χ2v) is 6.21. The van der Waals surface area contributed by atoms with Crippen molar-refractivity contribution in [3.8, 4) is 10.7 Å². The van der Waals surface area contributed by atoms with E-state index in [0.717, 1.165) is 36.7 Å². The molecule has 0 radical (unpaired) electrons. The number of anilines is 1. The summed E-state index contributed by atoms with van der Waals surface area (Å²) in [5.41, 5.74) is 1.08. The van der Waals surface area contributed by atoms with Gasteiger partial charge in [-0.2, -0.15) is 0 Å². The van der Waals surface area contributed by atoms with Gasteiger partial charge in [0.2, 0.25) is 0 Å². The van der Waals surface area contributed by atoms with Gasteiger partial charge < -0.3 is 5.32 Å². The van der Waals surface area contributed by atoms with E-state index in [9.17, 15) is 0 Å². The molecule has 0 amide bonds. The molecule has 6 heteroatoms. The molecule has 2 aromatic rings. The highest BCUT2D eigenvalue weighted by Crippen LogP contribution is 2.33. The van der Waals surface area contributed by atoms with Gasteiger partial charge in [0, 0.05) is 11.5 Å². The van der Waals surface area contributed by atoms with Crippen LogP contribution in [0.3, 0.4) is 0 Å². The molecule has 0 fully saturated rings. The summed E-state index contributed by atoms with van der Waals surface area (Å²) in [6.07, 6.45) is 0.908. The van der Waals surface area contributed by atoms with Gasteiger partial charge >= 0.3 is 0 Å². The first-order valence-corrected chi connectivity index (χ1v) is 7.90. The molecule has 90 valence electrons. The van der Waals surface area contributed by atoms with E-state index >= 15 is 0 Å². The molecular weight excluding hydrogens is 413 g/mol. The van der Waals surface area contributed by atoms with Crippen molar-refractivity contribution in [2.75, 3.05) is 12.4 Å². The Hall–Kier alpha value is -0.210. The van der Waals surface area contributed by atoms with Crippen LogP contribution in [0, 0.1) is 3.57 Å². The van der Waals surface area contributed by atoms with Crippen LogP contribution >= 0.6 is 49.9 Å². The normalized spacial score (nSPS) is 10.6. The van der Waals surface area contributed by atoms with E-state index in [1.165, 1.54) is 0 Å². The van der Waals surface area contributed by atoms with Crippen LogP contribution in [-0.2, 0) is 6.42 Å². The quantitative estimate of drug-likeness (QED) is 0.752. The first kappa shape index (κ1) is 13.2. The fraction of sp³-hybridized carbons (Fsp3) is 0.273. The lowest BCUT2D eigenvalue weighted by molar-refractivity contribution is 0.992. The lowest BCUT2D eigenvalue weighted by atomic mass is 10.3. The van der Waals surface area contributed by atoms with Crippen LogP contribution in [0.25, 0.3) is 10.7 Å². The summed E-state index contributed by atoms with van der Waals surface area (Å²) < 4.78 is 2.15. The van der Waals surface area contributed by atoms with Gasteiger partial charge in [-0.05, 0) is 56.4 Å². The average molecular weight is 424 g/mol. The summed E-state index contributed by atoms with van der Waals surface area (Å²) in [6, 6.07) is 2.02. The number of hydrogen-bond acceptors (Lipinski definition) is 4. The van der Waals surface area contributed by atoms with Crippen molar-refractivity contribution in [3.63, 3.8) is 0 Å². The average Bonchev–Trinajstić information content (AvgIpc) is 2.76. The Morgan fingerprint density at radius 1 is 1.47 bits per heavy atom. The van der Waals surface area contributed by atoms with Crippen LogP contribution in [0.5, 0.6) is 0 Å². The number of halogens is 2. The molecule has 0 saturated heterocycles. The number of nitrogens with one attached hydrogen (secondary N) is 1. The summed E-state index contributed by atoms with van der Waals surface area (Å²) in [6.45, 7) is 2.11. The largest absolute Gasteiger partial charge is 0.372 e. The van der Waals surface area contributed by atoms with E-state index in [2.05, 4.69) is 60.7 Å². The van der Waals surface area contributed by atoms with E-state index in [0.29, 0.717) is 0 Å². The maximum atomic E-state index is 4.62. The number of thiophene rings is 1. The molecule has 0 spiro atoms. The minimum atomic E-state index is 0.786. The zero-order chi connectivity index (χ0) is 12.4. The second kappa shape index (κ2) is 5.62. The number of nitrogens with zero attached hydrogens (tertiary/aromatic N) is 2. The Labute approximate surface area is 126 Å². The fourth-order valence-electron chi connectivity index (χ4n) is 1.45. The maximum Gasteiger partial charge on any atom is 0.173 e. The summed E-state index contributed by atoms with van der Waals surface area (Å²) in [4.78, 5) is 10.3. The lowest BCUT2D eigenvalue weighted by Crippen LogP contribution is -2.04. The predicted molar refractivity (Wildman–Crippen MR) is 84.7 cm³/mol. The SMILES string of the molecule is CCc1nc(-c2sccc2Br)nc(NC)c1I. The van der Waals surface area contributed by atoms with E-state index in [1.54, 1.807) is 11.3 Å². The van der Waals surface area contributed by atoms with Gasteiger partial charge in [0.1, 0.15) is 5.82 Å². The number of rotatable bonds is 3. The van der Waals surface area contributed by atoms with Crippen LogP contribution in [-0.4, -0.2) is 17.0 Å². The van der Waals surface area contributed by atoms with Crippen molar-refractivity contribution in [1.29, 1.82) is 0 Å². The van der Waals surface area contributed by atoms with Crippen molar-refractivity contribution < 1.29 is 0 Å². The lowest BCUT2D eigenvalue weighted by Gasteiger charge is -2.09. The molecule has 0 bridgehead atoms. The minimum absolute atomic E-state index is 0.786. The standard InChI is InChI=1S/C11H11BrIN3S/c1-3-7-8(13)10(14-2)16-11(15-7)9-6(12)4-5-17-9/h4-5H,3H2,1-2H3,(H,14,15,16). The molecule has 0 unspecified atom stereocenters. The molecule has 1 N–H and O–H groups in total. The summed E-state index contributed by atoms with van der Waals surface area (Å²) in [5, 5.41) is 5.16. The van der Waals surface area contributed by atoms with Crippen LogP contribution in [0.15, 0.2) is 15.9 Å². The predicted octanol–water partition coefficient (Wildman–Crippen LogP) is 4.18. The van der Waals surface area contributed by atoms with Gasteiger partial charge in [-0.1, -0.05) is 6.92 Å². The van der Waals surface area contributed by atoms with Crippen molar-refractivity contribution in [3.05, 3.63) is 25.2 Å². The van der Waals surface area contributed by atoms with Gasteiger partial charge in [-0.25, -0.2) is 9.97 Å². The zero-order valence-corrected chi connectivity index (χ0v) is 14.0. The van der Waals surface area contributed by atoms with Crippen LogP contribution < -0.4 is 5.32 Å². The van der Waals surface area contributed by atoms with Gasteiger partial charge in [-0.15, -0.1) is 11.3 Å². The smallest absolute Gasteiger partial charge is 0.173 e. The third-order valence-electron chi connectivity index (χ3n) is 2.31. The molecule has 0 aromatic carbocycles. The number of aromatic nitrogens is 2. The Bertz CT molecular complexity index is 516. The van der Waals surface area contributed by atoms with Crippen molar-refractivity contribution >= 4 is 55.7 Å². The first-order chi connectivity index (χ1) is 8.17. The van der Waals surface area contributed by atoms with Gasteiger partial charge in [-0.3, -0.25) is 0 Å². The van der Waals surface area contributed by atoms with Crippen molar-refractivity contribution in [1.82, 2.24) is 9.97 Å². The monoisotopic (exact) mass is 423 g/mol. The van der Waals surface area contributed by atoms with Gasteiger partial charge in [0.25, 0.3) is 0 Å². The molecule has 0 aliphatic carbocycles. The molecule has 0 aliphatic rings. The van der Waals surface area contributed by atoms with Crippen LogP contribution in [0.2, 0.25) is 0 Å². The molecule has 0 saturated carbocycles. The summed E-state index contributed by atoms with van der Waals surface area (Å²) in [5.74, 6) is 1.68.